The van der Waals surface area contributed by atoms with Crippen LogP contribution in [-0.2, 0) is 0 Å². The summed E-state index contributed by atoms with van der Waals surface area (Å²) in [6.45, 7) is 6.28. The topological polar surface area (TPSA) is 38.5 Å². The van der Waals surface area contributed by atoms with E-state index in [0.717, 1.165) is 31.5 Å². The lowest BCUT2D eigenvalue weighted by Crippen LogP contribution is -2.40. The molecule has 2 rings (SSSR count). The Morgan fingerprint density at radius 2 is 1.95 bits per heavy atom. The first-order valence-corrected chi connectivity index (χ1v) is 7.36. The van der Waals surface area contributed by atoms with Gasteiger partial charge < -0.3 is 10.5 Å². The first-order chi connectivity index (χ1) is 9.52. The van der Waals surface area contributed by atoms with Crippen molar-refractivity contribution in [3.05, 3.63) is 29.6 Å². The van der Waals surface area contributed by atoms with Crippen molar-refractivity contribution in [1.29, 1.82) is 0 Å². The zero-order chi connectivity index (χ0) is 14.7. The zero-order valence-electron chi connectivity index (χ0n) is 12.6. The number of piperidine rings is 1. The van der Waals surface area contributed by atoms with E-state index in [2.05, 4.69) is 18.7 Å². The summed E-state index contributed by atoms with van der Waals surface area (Å²) in [7, 11) is 1.49. The van der Waals surface area contributed by atoms with E-state index in [0.29, 0.717) is 11.7 Å². The highest BCUT2D eigenvalue weighted by atomic mass is 19.1. The smallest absolute Gasteiger partial charge is 0.165 e. The summed E-state index contributed by atoms with van der Waals surface area (Å²) in [5.41, 5.74) is 6.97. The van der Waals surface area contributed by atoms with Gasteiger partial charge in [0.1, 0.15) is 0 Å². The predicted octanol–water partition coefficient (Wildman–Crippen LogP) is 2.95. The van der Waals surface area contributed by atoms with Crippen LogP contribution in [0.4, 0.5) is 4.39 Å². The van der Waals surface area contributed by atoms with Gasteiger partial charge in [0.2, 0.25) is 0 Å². The molecule has 1 aromatic carbocycles. The number of nitrogens with two attached hydrogens (primary N) is 1. The molecule has 0 amide bonds. The Hall–Kier alpha value is -1.13. The average molecular weight is 280 g/mol. The molecule has 0 radical (unpaired) electrons. The molecule has 0 saturated carbocycles. The molecule has 1 fully saturated rings. The number of hydrogen-bond donors (Lipinski definition) is 1. The number of likely N-dealkylation sites (tertiary alicyclic amines) is 1. The van der Waals surface area contributed by atoms with Gasteiger partial charge in [-0.05, 0) is 63.4 Å². The fraction of sp³-hybridized carbons (Fsp3) is 0.625. The first-order valence-electron chi connectivity index (χ1n) is 7.36. The van der Waals surface area contributed by atoms with Crippen LogP contribution in [0.25, 0.3) is 0 Å². The fourth-order valence-corrected chi connectivity index (χ4v) is 2.99. The summed E-state index contributed by atoms with van der Waals surface area (Å²) < 4.78 is 18.7. The second-order valence-corrected chi connectivity index (χ2v) is 5.80. The summed E-state index contributed by atoms with van der Waals surface area (Å²) in [6, 6.07) is 5.73. The maximum atomic E-state index is 13.8. The van der Waals surface area contributed by atoms with Gasteiger partial charge in [-0.1, -0.05) is 6.07 Å². The molecule has 112 valence electrons. The third-order valence-corrected chi connectivity index (χ3v) is 4.52. The van der Waals surface area contributed by atoms with Crippen molar-refractivity contribution in [3.63, 3.8) is 0 Å². The van der Waals surface area contributed by atoms with Crippen LogP contribution in [0, 0.1) is 11.7 Å². The van der Waals surface area contributed by atoms with E-state index < -0.39 is 0 Å². The van der Waals surface area contributed by atoms with Crippen molar-refractivity contribution in [2.24, 2.45) is 11.7 Å². The standard InChI is InChI=1S/C16H25FN2O/c1-11(18)13-6-8-19(9-7-13)12(2)14-4-5-16(20-3)15(17)10-14/h4-5,10-13H,6-9,18H2,1-3H3. The Labute approximate surface area is 120 Å². The third kappa shape index (κ3) is 3.30. The summed E-state index contributed by atoms with van der Waals surface area (Å²) in [6.07, 6.45) is 2.25. The van der Waals surface area contributed by atoms with E-state index in [1.165, 1.54) is 7.11 Å². The van der Waals surface area contributed by atoms with Crippen LogP contribution in [0.1, 0.15) is 38.3 Å². The Balaban J connectivity index is 2.01. The molecule has 0 aliphatic carbocycles. The largest absolute Gasteiger partial charge is 0.494 e. The van der Waals surface area contributed by atoms with Crippen LogP contribution in [0.15, 0.2) is 18.2 Å². The van der Waals surface area contributed by atoms with Crippen molar-refractivity contribution in [1.82, 2.24) is 4.90 Å². The highest BCUT2D eigenvalue weighted by molar-refractivity contribution is 5.30. The van der Waals surface area contributed by atoms with Crippen LogP contribution in [0.2, 0.25) is 0 Å². The minimum Gasteiger partial charge on any atom is -0.494 e. The number of ether oxygens (including phenoxy) is 1. The second kappa shape index (κ2) is 6.55. The third-order valence-electron chi connectivity index (χ3n) is 4.52. The first kappa shape index (κ1) is 15.3. The molecular weight excluding hydrogens is 255 g/mol. The molecule has 3 nitrogen and oxygen atoms in total. The molecule has 1 saturated heterocycles. The fourth-order valence-electron chi connectivity index (χ4n) is 2.99. The van der Waals surface area contributed by atoms with Crippen molar-refractivity contribution < 1.29 is 9.13 Å². The normalized spacial score (nSPS) is 20.6. The Kier molecular flexibility index (Phi) is 5.00. The summed E-state index contributed by atoms with van der Waals surface area (Å²) in [5, 5.41) is 0. The van der Waals surface area contributed by atoms with Gasteiger partial charge in [-0.2, -0.15) is 0 Å². The van der Waals surface area contributed by atoms with Crippen molar-refractivity contribution in [2.75, 3.05) is 20.2 Å². The van der Waals surface area contributed by atoms with Gasteiger partial charge >= 0.3 is 0 Å². The minimum absolute atomic E-state index is 0.226. The van der Waals surface area contributed by atoms with Gasteiger partial charge in [0.05, 0.1) is 7.11 Å². The Morgan fingerprint density at radius 1 is 1.30 bits per heavy atom. The Bertz CT molecular complexity index is 442. The molecule has 2 unspecified atom stereocenters. The van der Waals surface area contributed by atoms with Gasteiger partial charge in [0.25, 0.3) is 0 Å². The molecular formula is C16H25FN2O. The van der Waals surface area contributed by atoms with Crippen LogP contribution >= 0.6 is 0 Å². The SMILES string of the molecule is COc1ccc(C(C)N2CCC(C(C)N)CC2)cc1F. The quantitative estimate of drug-likeness (QED) is 0.921. The molecule has 2 atom stereocenters. The molecule has 1 aliphatic rings. The van der Waals surface area contributed by atoms with Crippen molar-refractivity contribution >= 4 is 0 Å². The van der Waals surface area contributed by atoms with E-state index in [4.69, 9.17) is 10.5 Å². The molecule has 0 bridgehead atoms. The molecule has 2 N–H and O–H groups in total. The van der Waals surface area contributed by atoms with Gasteiger partial charge in [0.15, 0.2) is 11.6 Å². The molecule has 20 heavy (non-hydrogen) atoms. The van der Waals surface area contributed by atoms with Crippen LogP contribution in [-0.4, -0.2) is 31.1 Å². The van der Waals surface area contributed by atoms with E-state index in [1.54, 1.807) is 12.1 Å². The maximum Gasteiger partial charge on any atom is 0.165 e. The number of benzene rings is 1. The molecule has 1 heterocycles. The van der Waals surface area contributed by atoms with Crippen LogP contribution in [0.5, 0.6) is 5.75 Å². The highest BCUT2D eigenvalue weighted by Crippen LogP contribution is 2.29. The highest BCUT2D eigenvalue weighted by Gasteiger charge is 2.25. The van der Waals surface area contributed by atoms with E-state index in [9.17, 15) is 4.39 Å². The monoisotopic (exact) mass is 280 g/mol. The molecule has 0 spiro atoms. The van der Waals surface area contributed by atoms with Crippen LogP contribution < -0.4 is 10.5 Å². The molecule has 1 aromatic rings. The lowest BCUT2D eigenvalue weighted by molar-refractivity contribution is 0.132. The number of hydrogen-bond acceptors (Lipinski definition) is 3. The number of halogens is 1. The van der Waals surface area contributed by atoms with Crippen LogP contribution in [0.3, 0.4) is 0 Å². The van der Waals surface area contributed by atoms with E-state index >= 15 is 0 Å². The molecule has 4 heteroatoms. The van der Waals surface area contributed by atoms with E-state index in [1.807, 2.05) is 6.07 Å². The predicted molar refractivity (Wildman–Crippen MR) is 79.3 cm³/mol. The van der Waals surface area contributed by atoms with Gasteiger partial charge in [-0.3, -0.25) is 4.90 Å². The summed E-state index contributed by atoms with van der Waals surface area (Å²) in [4.78, 5) is 2.40. The summed E-state index contributed by atoms with van der Waals surface area (Å²) in [5.74, 6) is 0.630. The maximum absolute atomic E-state index is 13.8. The lowest BCUT2D eigenvalue weighted by Gasteiger charge is -2.37. The zero-order valence-corrected chi connectivity index (χ0v) is 12.6. The van der Waals surface area contributed by atoms with Gasteiger partial charge in [0, 0.05) is 12.1 Å². The van der Waals surface area contributed by atoms with Crippen molar-refractivity contribution in [2.45, 2.75) is 38.8 Å². The number of rotatable bonds is 4. The minimum atomic E-state index is -0.290. The van der Waals surface area contributed by atoms with Crippen molar-refractivity contribution in [3.8, 4) is 5.75 Å². The van der Waals surface area contributed by atoms with Gasteiger partial charge in [-0.25, -0.2) is 4.39 Å². The van der Waals surface area contributed by atoms with Gasteiger partial charge in [-0.15, -0.1) is 0 Å². The molecule has 0 aromatic heterocycles. The number of nitrogens with zero attached hydrogens (tertiary/aromatic N) is 1. The average Bonchev–Trinajstić information content (AvgIpc) is 2.46. The summed E-state index contributed by atoms with van der Waals surface area (Å²) >= 11 is 0. The Morgan fingerprint density at radius 3 is 2.45 bits per heavy atom. The second-order valence-electron chi connectivity index (χ2n) is 5.80. The molecule has 1 aliphatic heterocycles. The lowest BCUT2D eigenvalue weighted by atomic mass is 9.90. The number of methoxy groups -OCH3 is 1. The van der Waals surface area contributed by atoms with E-state index in [-0.39, 0.29) is 17.9 Å².